The van der Waals surface area contributed by atoms with Crippen LogP contribution >= 0.6 is 0 Å². The smallest absolute Gasteiger partial charge is 0.247 e. The summed E-state index contributed by atoms with van der Waals surface area (Å²) in [6, 6.07) is 6.92. The van der Waals surface area contributed by atoms with Gasteiger partial charge in [0.2, 0.25) is 11.8 Å². The van der Waals surface area contributed by atoms with Crippen LogP contribution in [0, 0.1) is 29.1 Å². The van der Waals surface area contributed by atoms with Crippen LogP contribution < -0.4 is 10.1 Å². The molecular formula is C30H42N2O5. The number of benzene rings is 1. The van der Waals surface area contributed by atoms with Gasteiger partial charge in [-0.25, -0.2) is 0 Å². The van der Waals surface area contributed by atoms with Crippen LogP contribution in [0.1, 0.15) is 64.9 Å². The maximum atomic E-state index is 13.7. The lowest BCUT2D eigenvalue weighted by molar-refractivity contribution is -0.147. The van der Waals surface area contributed by atoms with E-state index in [4.69, 9.17) is 4.74 Å². The van der Waals surface area contributed by atoms with E-state index in [9.17, 15) is 19.8 Å². The van der Waals surface area contributed by atoms with E-state index in [2.05, 4.69) is 19.2 Å². The summed E-state index contributed by atoms with van der Waals surface area (Å²) in [7, 11) is 0. The number of rotatable bonds is 8. The highest BCUT2D eigenvalue weighted by molar-refractivity contribution is 5.96. The predicted molar refractivity (Wildman–Crippen MR) is 141 cm³/mol. The summed E-state index contributed by atoms with van der Waals surface area (Å²) in [6.07, 6.45) is 4.06. The van der Waals surface area contributed by atoms with Crippen molar-refractivity contribution in [3.8, 4) is 5.75 Å². The van der Waals surface area contributed by atoms with Crippen molar-refractivity contribution >= 4 is 11.8 Å². The minimum atomic E-state index is -0.964. The van der Waals surface area contributed by atoms with Gasteiger partial charge in [-0.3, -0.25) is 9.59 Å². The molecule has 0 aromatic heterocycles. The molecular weight excluding hydrogens is 468 g/mol. The van der Waals surface area contributed by atoms with Gasteiger partial charge in [-0.15, -0.1) is 0 Å². The fourth-order valence-electron chi connectivity index (χ4n) is 7.48. The standard InChI is InChI=1S/C30H42N2O5/c1-17(2)13-25(34)32(16-18-9-10-19-14-22(18)30(19,3)4)23-15-21(29(36)31-11-12-33)26-20-7-5-6-8-24(20)37-28(26)27(23)35/h5-8,15,17-19,22-23,26-28,33,35H,9-14,16H2,1-4H3,(H,31,36)/t18-,19-,22-,23+,26-,27-,28-/m0/s1. The Kier molecular flexibility index (Phi) is 7.14. The first kappa shape index (κ1) is 26.2. The number of ether oxygens (including phenoxy) is 1. The number of nitrogens with one attached hydrogen (secondary N) is 1. The first-order chi connectivity index (χ1) is 17.6. The van der Waals surface area contributed by atoms with E-state index in [1.165, 1.54) is 12.8 Å². The molecule has 1 aliphatic heterocycles. The van der Waals surface area contributed by atoms with E-state index in [0.29, 0.717) is 36.1 Å². The van der Waals surface area contributed by atoms with Crippen LogP contribution in [0.4, 0.5) is 0 Å². The van der Waals surface area contributed by atoms with Crippen LogP contribution in [-0.2, 0) is 9.59 Å². The third-order valence-corrected chi connectivity index (χ3v) is 9.57. The Morgan fingerprint density at radius 1 is 1.22 bits per heavy atom. The number of para-hydroxylation sites is 1. The van der Waals surface area contributed by atoms with Crippen LogP contribution in [-0.4, -0.2) is 64.9 Å². The molecule has 2 bridgehead atoms. The average Bonchev–Trinajstić information content (AvgIpc) is 3.26. The summed E-state index contributed by atoms with van der Waals surface area (Å²) >= 11 is 0. The minimum Gasteiger partial charge on any atom is -0.486 e. The molecule has 5 aliphatic rings. The van der Waals surface area contributed by atoms with Gasteiger partial charge in [0.25, 0.3) is 0 Å². The Morgan fingerprint density at radius 3 is 2.65 bits per heavy atom. The second-order valence-electron chi connectivity index (χ2n) is 12.5. The van der Waals surface area contributed by atoms with E-state index in [1.54, 1.807) is 6.08 Å². The van der Waals surface area contributed by atoms with Crippen molar-refractivity contribution in [3.63, 3.8) is 0 Å². The maximum Gasteiger partial charge on any atom is 0.247 e. The highest BCUT2D eigenvalue weighted by Gasteiger charge is 2.56. The van der Waals surface area contributed by atoms with Crippen molar-refractivity contribution in [2.24, 2.45) is 29.1 Å². The van der Waals surface area contributed by atoms with E-state index >= 15 is 0 Å². The monoisotopic (exact) mass is 510 g/mol. The van der Waals surface area contributed by atoms with Crippen molar-refractivity contribution < 1.29 is 24.5 Å². The molecule has 6 rings (SSSR count). The van der Waals surface area contributed by atoms with Gasteiger partial charge in [0.05, 0.1) is 18.6 Å². The molecule has 3 saturated carbocycles. The van der Waals surface area contributed by atoms with Crippen molar-refractivity contribution in [1.82, 2.24) is 10.2 Å². The number of amides is 2. The van der Waals surface area contributed by atoms with Crippen LogP contribution in [0.2, 0.25) is 0 Å². The van der Waals surface area contributed by atoms with Gasteiger partial charge in [-0.2, -0.15) is 0 Å². The highest BCUT2D eigenvalue weighted by atomic mass is 16.5. The molecule has 0 unspecified atom stereocenters. The Balaban J connectivity index is 1.51. The zero-order chi connectivity index (χ0) is 26.5. The number of carbonyl (C=O) groups is 2. The maximum absolute atomic E-state index is 13.7. The fourth-order valence-corrected chi connectivity index (χ4v) is 7.48. The second kappa shape index (κ2) is 10.1. The molecule has 7 heteroatoms. The summed E-state index contributed by atoms with van der Waals surface area (Å²) in [5.74, 6) is 1.85. The van der Waals surface area contributed by atoms with Crippen LogP contribution in [0.25, 0.3) is 0 Å². The topological polar surface area (TPSA) is 99.1 Å². The number of aliphatic hydroxyl groups excluding tert-OH is 2. The van der Waals surface area contributed by atoms with E-state index in [0.717, 1.165) is 17.9 Å². The van der Waals surface area contributed by atoms with Gasteiger partial charge in [0.15, 0.2) is 0 Å². The molecule has 1 aromatic carbocycles. The number of hydrogen-bond acceptors (Lipinski definition) is 5. The van der Waals surface area contributed by atoms with Gasteiger partial charge < -0.3 is 25.2 Å². The SMILES string of the molecule is CC(C)CC(=O)N(C[C@@H]1CC[C@H]2C[C@@H]1C2(C)C)[C@@H]1C=C(C(=O)NCCO)[C@@H]2c3ccccc3O[C@@H]2[C@H]1O. The summed E-state index contributed by atoms with van der Waals surface area (Å²) in [6.45, 7) is 9.33. The first-order valence-electron chi connectivity index (χ1n) is 14.0. The number of fused-ring (bicyclic) bond motifs is 5. The number of carbonyl (C=O) groups excluding carboxylic acids is 2. The molecule has 7 atom stereocenters. The molecule has 202 valence electrons. The average molecular weight is 511 g/mol. The lowest BCUT2D eigenvalue weighted by atomic mass is 9.45. The second-order valence-corrected chi connectivity index (χ2v) is 12.5. The number of hydrogen-bond donors (Lipinski definition) is 3. The van der Waals surface area contributed by atoms with Gasteiger partial charge in [-0.05, 0) is 60.5 Å². The van der Waals surface area contributed by atoms with Gasteiger partial charge in [0, 0.05) is 30.6 Å². The molecule has 1 aromatic rings. The zero-order valence-corrected chi connectivity index (χ0v) is 22.5. The summed E-state index contributed by atoms with van der Waals surface area (Å²) in [5, 5.41) is 23.8. The molecule has 7 nitrogen and oxygen atoms in total. The Hall–Kier alpha value is -2.38. The lowest BCUT2D eigenvalue weighted by Crippen LogP contribution is -2.59. The van der Waals surface area contributed by atoms with Crippen LogP contribution in [0.15, 0.2) is 35.9 Å². The van der Waals surface area contributed by atoms with E-state index < -0.39 is 24.2 Å². The van der Waals surface area contributed by atoms with E-state index in [1.807, 2.05) is 43.0 Å². The number of aliphatic hydroxyl groups is 2. The molecule has 4 aliphatic carbocycles. The third-order valence-electron chi connectivity index (χ3n) is 9.57. The molecule has 0 spiro atoms. The van der Waals surface area contributed by atoms with Crippen LogP contribution in [0.5, 0.6) is 5.75 Å². The normalized spacial score (nSPS) is 32.9. The molecule has 1 heterocycles. The molecule has 0 saturated heterocycles. The van der Waals surface area contributed by atoms with E-state index in [-0.39, 0.29) is 36.3 Å². The lowest BCUT2D eigenvalue weighted by Gasteiger charge is -2.61. The third kappa shape index (κ3) is 4.59. The molecule has 3 fully saturated rings. The summed E-state index contributed by atoms with van der Waals surface area (Å²) in [4.78, 5) is 28.9. The molecule has 0 radical (unpaired) electrons. The Labute approximate surface area is 220 Å². The zero-order valence-electron chi connectivity index (χ0n) is 22.5. The van der Waals surface area contributed by atoms with Crippen molar-refractivity contribution in [1.29, 1.82) is 0 Å². The van der Waals surface area contributed by atoms with Crippen molar-refractivity contribution in [2.45, 2.75) is 77.5 Å². The predicted octanol–water partition coefficient (Wildman–Crippen LogP) is 3.26. The minimum absolute atomic E-state index is 0.0126. The molecule has 3 N–H and O–H groups in total. The first-order valence-corrected chi connectivity index (χ1v) is 14.0. The van der Waals surface area contributed by atoms with Crippen LogP contribution in [0.3, 0.4) is 0 Å². The summed E-state index contributed by atoms with van der Waals surface area (Å²) < 4.78 is 6.24. The fraction of sp³-hybridized carbons (Fsp3) is 0.667. The summed E-state index contributed by atoms with van der Waals surface area (Å²) in [5.41, 5.74) is 1.64. The van der Waals surface area contributed by atoms with Gasteiger partial charge >= 0.3 is 0 Å². The Bertz CT molecular complexity index is 1060. The van der Waals surface area contributed by atoms with Crippen molar-refractivity contribution in [2.75, 3.05) is 19.7 Å². The van der Waals surface area contributed by atoms with Gasteiger partial charge in [0.1, 0.15) is 18.0 Å². The molecule has 37 heavy (non-hydrogen) atoms. The molecule has 2 amide bonds. The Morgan fingerprint density at radius 2 is 1.97 bits per heavy atom. The number of nitrogens with zero attached hydrogens (tertiary/aromatic N) is 1. The van der Waals surface area contributed by atoms with Gasteiger partial charge in [-0.1, -0.05) is 45.9 Å². The largest absolute Gasteiger partial charge is 0.486 e. The van der Waals surface area contributed by atoms with Crippen molar-refractivity contribution in [3.05, 3.63) is 41.5 Å². The quantitative estimate of drug-likeness (QED) is 0.499. The highest BCUT2D eigenvalue weighted by Crippen LogP contribution is 2.61.